The first kappa shape index (κ1) is 14.7. The van der Waals surface area contributed by atoms with Crippen LogP contribution in [0.15, 0.2) is 12.1 Å². The quantitative estimate of drug-likeness (QED) is 0.356. The van der Waals surface area contributed by atoms with Gasteiger partial charge in [-0.25, -0.2) is 0 Å². The number of Topliss-reactive ketones (excluding diaryl/α,β-unsaturated/α-hetero) is 1. The normalized spacial score (nSPS) is 10.0. The number of hydrogen-bond acceptors (Lipinski definition) is 4. The fraction of sp³-hybridized carbons (Fsp3) is 0.385. The molecule has 4 nitrogen and oxygen atoms in total. The number of ketones is 1. The Morgan fingerprint density at radius 2 is 1.94 bits per heavy atom. The van der Waals surface area contributed by atoms with Gasteiger partial charge in [0.2, 0.25) is 0 Å². The van der Waals surface area contributed by atoms with E-state index in [1.54, 1.807) is 13.0 Å². The van der Waals surface area contributed by atoms with Crippen LogP contribution in [0.2, 0.25) is 0 Å². The maximum Gasteiger partial charge on any atom is 0.313 e. The molecular formula is C13H17O4P. The molecule has 0 aliphatic rings. The van der Waals surface area contributed by atoms with Crippen molar-refractivity contribution < 1.29 is 18.8 Å². The van der Waals surface area contributed by atoms with Crippen molar-refractivity contribution in [1.29, 1.82) is 0 Å². The predicted molar refractivity (Wildman–Crippen MR) is 71.8 cm³/mol. The molecule has 18 heavy (non-hydrogen) atoms. The summed E-state index contributed by atoms with van der Waals surface area (Å²) in [6.45, 7) is 5.72. The lowest BCUT2D eigenvalue weighted by molar-refractivity contribution is -0.141. The number of aryl methyl sites for hydroxylation is 2. The van der Waals surface area contributed by atoms with E-state index in [1.165, 1.54) is 0 Å². The van der Waals surface area contributed by atoms with Crippen molar-refractivity contribution in [3.05, 3.63) is 28.8 Å². The van der Waals surface area contributed by atoms with Crippen molar-refractivity contribution in [2.24, 2.45) is 0 Å². The molecule has 98 valence electrons. The molecule has 0 aliphatic heterocycles. The molecule has 0 saturated carbocycles. The summed E-state index contributed by atoms with van der Waals surface area (Å²) in [6.07, 6.45) is -0.266. The first-order valence-corrected chi connectivity index (χ1v) is 6.13. The predicted octanol–water partition coefficient (Wildman–Crippen LogP) is 2.61. The molecule has 0 spiro atoms. The molecule has 0 saturated heterocycles. The van der Waals surface area contributed by atoms with Crippen molar-refractivity contribution in [2.45, 2.75) is 27.2 Å². The van der Waals surface area contributed by atoms with Gasteiger partial charge in [-0.2, -0.15) is 0 Å². The fourth-order valence-corrected chi connectivity index (χ4v) is 2.07. The third-order valence-electron chi connectivity index (χ3n) is 2.45. The molecule has 0 bridgehead atoms. The third-order valence-corrected chi connectivity index (χ3v) is 2.68. The van der Waals surface area contributed by atoms with Gasteiger partial charge in [0.15, 0.2) is 5.78 Å². The molecular weight excluding hydrogens is 251 g/mol. The van der Waals surface area contributed by atoms with Crippen molar-refractivity contribution in [1.82, 2.24) is 0 Å². The van der Waals surface area contributed by atoms with E-state index in [9.17, 15) is 9.59 Å². The largest absolute Gasteiger partial charge is 0.479 e. The Hall–Kier alpha value is -1.41. The van der Waals surface area contributed by atoms with E-state index in [-0.39, 0.29) is 18.8 Å². The van der Waals surface area contributed by atoms with E-state index in [0.29, 0.717) is 11.3 Å². The SMILES string of the molecule is CCOC(=O)CC(=O)c1cc(C)cc(C)c1OP. The highest BCUT2D eigenvalue weighted by Gasteiger charge is 2.18. The summed E-state index contributed by atoms with van der Waals surface area (Å²) in [5.74, 6) is -0.325. The highest BCUT2D eigenvalue weighted by molar-refractivity contribution is 7.10. The summed E-state index contributed by atoms with van der Waals surface area (Å²) in [7, 11) is 2.12. The number of carbonyl (C=O) groups excluding carboxylic acids is 2. The van der Waals surface area contributed by atoms with Gasteiger partial charge < -0.3 is 9.26 Å². The van der Waals surface area contributed by atoms with Crippen molar-refractivity contribution in [3.8, 4) is 5.75 Å². The molecule has 0 radical (unpaired) electrons. The maximum absolute atomic E-state index is 12.0. The standard InChI is InChI=1S/C13H17O4P/c1-4-16-12(15)7-11(14)10-6-8(2)5-9(3)13(10)17-18/h5-6H,4,7,18H2,1-3H3. The molecule has 1 rings (SSSR count). The van der Waals surface area contributed by atoms with Crippen LogP contribution in [-0.2, 0) is 9.53 Å². The van der Waals surface area contributed by atoms with E-state index < -0.39 is 5.97 Å². The van der Waals surface area contributed by atoms with Gasteiger partial charge in [0.05, 0.1) is 21.6 Å². The highest BCUT2D eigenvalue weighted by atomic mass is 31.0. The van der Waals surface area contributed by atoms with E-state index in [4.69, 9.17) is 9.26 Å². The molecule has 0 N–H and O–H groups in total. The Labute approximate surface area is 109 Å². The first-order valence-electron chi connectivity index (χ1n) is 5.66. The Morgan fingerprint density at radius 3 is 2.50 bits per heavy atom. The molecule has 0 fully saturated rings. The van der Waals surface area contributed by atoms with Crippen LogP contribution in [0, 0.1) is 13.8 Å². The van der Waals surface area contributed by atoms with Crippen molar-refractivity contribution >= 4 is 21.2 Å². The molecule has 1 unspecified atom stereocenters. The zero-order chi connectivity index (χ0) is 13.7. The second-order valence-electron chi connectivity index (χ2n) is 3.98. The van der Waals surface area contributed by atoms with Crippen LogP contribution >= 0.6 is 9.47 Å². The number of hydrogen-bond donors (Lipinski definition) is 0. The fourth-order valence-electron chi connectivity index (χ4n) is 1.76. The number of esters is 1. The van der Waals surface area contributed by atoms with Crippen LogP contribution in [0.25, 0.3) is 0 Å². The van der Waals surface area contributed by atoms with E-state index >= 15 is 0 Å². The van der Waals surface area contributed by atoms with Crippen LogP contribution in [0.5, 0.6) is 5.75 Å². The number of rotatable bonds is 5. The van der Waals surface area contributed by atoms with Crippen molar-refractivity contribution in [3.63, 3.8) is 0 Å². The average molecular weight is 268 g/mol. The Balaban J connectivity index is 3.01. The second kappa shape index (κ2) is 6.50. The van der Waals surface area contributed by atoms with Gasteiger partial charge >= 0.3 is 5.97 Å². The topological polar surface area (TPSA) is 52.6 Å². The summed E-state index contributed by atoms with van der Waals surface area (Å²) in [4.78, 5) is 23.3. The number of benzene rings is 1. The summed E-state index contributed by atoms with van der Waals surface area (Å²) in [5, 5.41) is 0. The van der Waals surface area contributed by atoms with Crippen molar-refractivity contribution in [2.75, 3.05) is 6.61 Å². The van der Waals surface area contributed by atoms with Crippen LogP contribution in [0.3, 0.4) is 0 Å². The first-order chi connectivity index (χ1) is 8.49. The Kier molecular flexibility index (Phi) is 5.29. The minimum absolute atomic E-state index is 0.266. The minimum atomic E-state index is -0.517. The lowest BCUT2D eigenvalue weighted by Gasteiger charge is -2.11. The zero-order valence-corrected chi connectivity index (χ0v) is 11.9. The van der Waals surface area contributed by atoms with Crippen LogP contribution < -0.4 is 4.52 Å². The highest BCUT2D eigenvalue weighted by Crippen LogP contribution is 2.28. The summed E-state index contributed by atoms with van der Waals surface area (Å²) >= 11 is 0. The molecule has 0 heterocycles. The van der Waals surface area contributed by atoms with Crippen LogP contribution in [-0.4, -0.2) is 18.4 Å². The number of carbonyl (C=O) groups is 2. The molecule has 1 aromatic rings. The second-order valence-corrected chi connectivity index (χ2v) is 4.22. The number of ether oxygens (including phenoxy) is 1. The lowest BCUT2D eigenvalue weighted by Crippen LogP contribution is -2.12. The Morgan fingerprint density at radius 1 is 1.28 bits per heavy atom. The van der Waals surface area contributed by atoms with Gasteiger partial charge in [-0.1, -0.05) is 6.07 Å². The molecule has 0 amide bonds. The lowest BCUT2D eigenvalue weighted by atomic mass is 10.0. The third kappa shape index (κ3) is 3.54. The van der Waals surface area contributed by atoms with Gasteiger partial charge in [0.1, 0.15) is 12.2 Å². The van der Waals surface area contributed by atoms with Gasteiger partial charge in [0, 0.05) is 0 Å². The molecule has 1 aromatic carbocycles. The Bertz CT molecular complexity index is 468. The van der Waals surface area contributed by atoms with Gasteiger partial charge in [0.25, 0.3) is 0 Å². The average Bonchev–Trinajstić information content (AvgIpc) is 2.28. The van der Waals surface area contributed by atoms with Gasteiger partial charge in [-0.05, 0) is 38.0 Å². The summed E-state index contributed by atoms with van der Waals surface area (Å²) < 4.78 is 9.90. The monoisotopic (exact) mass is 268 g/mol. The minimum Gasteiger partial charge on any atom is -0.479 e. The zero-order valence-electron chi connectivity index (χ0n) is 10.8. The van der Waals surface area contributed by atoms with E-state index in [1.807, 2.05) is 19.9 Å². The maximum atomic E-state index is 12.0. The van der Waals surface area contributed by atoms with Gasteiger partial charge in [-0.3, -0.25) is 9.59 Å². The summed E-state index contributed by atoms with van der Waals surface area (Å²) in [6, 6.07) is 3.63. The molecule has 0 aliphatic carbocycles. The summed E-state index contributed by atoms with van der Waals surface area (Å²) in [5.41, 5.74) is 2.22. The van der Waals surface area contributed by atoms with E-state index in [2.05, 4.69) is 9.47 Å². The molecule has 0 aromatic heterocycles. The van der Waals surface area contributed by atoms with E-state index in [0.717, 1.165) is 11.1 Å². The van der Waals surface area contributed by atoms with Crippen LogP contribution in [0.1, 0.15) is 34.8 Å². The van der Waals surface area contributed by atoms with Gasteiger partial charge in [-0.15, -0.1) is 0 Å². The smallest absolute Gasteiger partial charge is 0.313 e. The van der Waals surface area contributed by atoms with Crippen LogP contribution in [0.4, 0.5) is 0 Å². The molecule has 1 atom stereocenters. The molecule has 5 heteroatoms.